The molecule has 0 aliphatic heterocycles. The Morgan fingerprint density at radius 2 is 2.33 bits per heavy atom. The molecule has 0 saturated heterocycles. The third kappa shape index (κ3) is 4.56. The maximum absolute atomic E-state index is 12.1. The first kappa shape index (κ1) is 14.8. The Bertz CT molecular complexity index is 384. The molecule has 100 valence electrons. The molecule has 0 aliphatic rings. The zero-order valence-corrected chi connectivity index (χ0v) is 12.0. The summed E-state index contributed by atoms with van der Waals surface area (Å²) in [6.07, 6.45) is 4.72. The fraction of sp³-hybridized carbons (Fsp3) is 0.538. The van der Waals surface area contributed by atoms with Crippen molar-refractivity contribution in [1.29, 1.82) is 0 Å². The van der Waals surface area contributed by atoms with Crippen LogP contribution in [0.5, 0.6) is 0 Å². The fourth-order valence-electron chi connectivity index (χ4n) is 1.57. The lowest BCUT2D eigenvalue weighted by Gasteiger charge is -2.14. The van der Waals surface area contributed by atoms with Crippen molar-refractivity contribution in [3.63, 3.8) is 0 Å². The SMILES string of the molecule is CCCNc1ncccc1C(=O)NC(C)CSC. The molecule has 0 spiro atoms. The third-order valence-corrected chi connectivity index (χ3v) is 3.22. The van der Waals surface area contributed by atoms with Crippen molar-refractivity contribution < 1.29 is 4.79 Å². The number of pyridine rings is 1. The second-order valence-electron chi connectivity index (χ2n) is 4.16. The molecule has 1 heterocycles. The Labute approximate surface area is 113 Å². The second kappa shape index (κ2) is 7.97. The van der Waals surface area contributed by atoms with E-state index in [1.807, 2.05) is 13.2 Å². The van der Waals surface area contributed by atoms with Crippen molar-refractivity contribution in [2.75, 3.05) is 23.9 Å². The first-order chi connectivity index (χ1) is 8.69. The Morgan fingerprint density at radius 3 is 3.00 bits per heavy atom. The lowest BCUT2D eigenvalue weighted by molar-refractivity contribution is 0.0944. The summed E-state index contributed by atoms with van der Waals surface area (Å²) in [4.78, 5) is 16.3. The van der Waals surface area contributed by atoms with Crippen molar-refractivity contribution in [1.82, 2.24) is 10.3 Å². The van der Waals surface area contributed by atoms with Crippen LogP contribution >= 0.6 is 11.8 Å². The van der Waals surface area contributed by atoms with Crippen LogP contribution in [0.25, 0.3) is 0 Å². The van der Waals surface area contributed by atoms with Crippen LogP contribution in [-0.4, -0.2) is 35.5 Å². The Hall–Kier alpha value is -1.23. The minimum atomic E-state index is -0.0664. The zero-order valence-electron chi connectivity index (χ0n) is 11.2. The quantitative estimate of drug-likeness (QED) is 0.796. The summed E-state index contributed by atoms with van der Waals surface area (Å²) in [7, 11) is 0. The number of rotatable bonds is 7. The van der Waals surface area contributed by atoms with Crippen LogP contribution in [0.4, 0.5) is 5.82 Å². The zero-order chi connectivity index (χ0) is 13.4. The molecule has 1 aromatic rings. The largest absolute Gasteiger partial charge is 0.369 e. The van der Waals surface area contributed by atoms with Gasteiger partial charge in [0.15, 0.2) is 0 Å². The van der Waals surface area contributed by atoms with Gasteiger partial charge in [0, 0.05) is 24.5 Å². The van der Waals surface area contributed by atoms with Gasteiger partial charge in [-0.25, -0.2) is 4.98 Å². The molecule has 2 N–H and O–H groups in total. The van der Waals surface area contributed by atoms with Crippen LogP contribution in [0.1, 0.15) is 30.6 Å². The van der Waals surface area contributed by atoms with E-state index < -0.39 is 0 Å². The van der Waals surface area contributed by atoms with E-state index in [1.165, 1.54) is 0 Å². The number of aromatic nitrogens is 1. The predicted octanol–water partition coefficient (Wildman–Crippen LogP) is 2.38. The van der Waals surface area contributed by atoms with Crippen LogP contribution < -0.4 is 10.6 Å². The van der Waals surface area contributed by atoms with Crippen molar-refractivity contribution in [2.45, 2.75) is 26.3 Å². The molecule has 0 aliphatic carbocycles. The monoisotopic (exact) mass is 267 g/mol. The van der Waals surface area contributed by atoms with E-state index >= 15 is 0 Å². The number of thioether (sulfide) groups is 1. The molecule has 0 aromatic carbocycles. The number of nitrogens with zero attached hydrogens (tertiary/aromatic N) is 1. The minimum Gasteiger partial charge on any atom is -0.369 e. The summed E-state index contributed by atoms with van der Waals surface area (Å²) >= 11 is 1.72. The first-order valence-corrected chi connectivity index (χ1v) is 7.57. The molecule has 0 fully saturated rings. The van der Waals surface area contributed by atoms with Gasteiger partial charge in [-0.15, -0.1) is 0 Å². The number of hydrogen-bond donors (Lipinski definition) is 2. The summed E-state index contributed by atoms with van der Waals surface area (Å²) in [6.45, 7) is 4.90. The van der Waals surface area contributed by atoms with Gasteiger partial charge in [0.05, 0.1) is 5.56 Å². The van der Waals surface area contributed by atoms with E-state index in [2.05, 4.69) is 22.5 Å². The maximum Gasteiger partial charge on any atom is 0.255 e. The Balaban J connectivity index is 2.71. The molecule has 1 unspecified atom stereocenters. The molecule has 4 nitrogen and oxygen atoms in total. The lowest BCUT2D eigenvalue weighted by atomic mass is 10.2. The average Bonchev–Trinajstić information content (AvgIpc) is 2.36. The van der Waals surface area contributed by atoms with Gasteiger partial charge in [-0.3, -0.25) is 4.79 Å². The molecule has 18 heavy (non-hydrogen) atoms. The highest BCUT2D eigenvalue weighted by Gasteiger charge is 2.13. The summed E-state index contributed by atoms with van der Waals surface area (Å²) < 4.78 is 0. The number of carbonyl (C=O) groups excluding carboxylic acids is 1. The van der Waals surface area contributed by atoms with Gasteiger partial charge in [-0.1, -0.05) is 6.92 Å². The number of anilines is 1. The molecular formula is C13H21N3OS. The smallest absolute Gasteiger partial charge is 0.255 e. The van der Waals surface area contributed by atoms with Crippen molar-refractivity contribution in [3.8, 4) is 0 Å². The highest BCUT2D eigenvalue weighted by molar-refractivity contribution is 7.98. The maximum atomic E-state index is 12.1. The molecule has 1 amide bonds. The van der Waals surface area contributed by atoms with Crippen LogP contribution in [0.15, 0.2) is 18.3 Å². The van der Waals surface area contributed by atoms with E-state index in [0.29, 0.717) is 11.4 Å². The van der Waals surface area contributed by atoms with E-state index in [1.54, 1.807) is 30.1 Å². The van der Waals surface area contributed by atoms with Crippen LogP contribution in [0, 0.1) is 0 Å². The van der Waals surface area contributed by atoms with Gasteiger partial charge in [0.1, 0.15) is 5.82 Å². The number of hydrogen-bond acceptors (Lipinski definition) is 4. The van der Waals surface area contributed by atoms with Gasteiger partial charge in [0.2, 0.25) is 0 Å². The fourth-order valence-corrected chi connectivity index (χ4v) is 2.15. The topological polar surface area (TPSA) is 54.0 Å². The van der Waals surface area contributed by atoms with Crippen LogP contribution in [0.3, 0.4) is 0 Å². The Kier molecular flexibility index (Phi) is 6.57. The molecule has 1 aromatic heterocycles. The first-order valence-electron chi connectivity index (χ1n) is 6.17. The molecular weight excluding hydrogens is 246 g/mol. The van der Waals surface area contributed by atoms with Crippen LogP contribution in [0.2, 0.25) is 0 Å². The molecule has 0 saturated carbocycles. The minimum absolute atomic E-state index is 0.0664. The van der Waals surface area contributed by atoms with Gasteiger partial charge in [-0.05, 0) is 31.7 Å². The molecule has 1 atom stereocenters. The van der Waals surface area contributed by atoms with Gasteiger partial charge >= 0.3 is 0 Å². The molecule has 0 bridgehead atoms. The Morgan fingerprint density at radius 1 is 1.56 bits per heavy atom. The van der Waals surface area contributed by atoms with Gasteiger partial charge in [-0.2, -0.15) is 11.8 Å². The van der Waals surface area contributed by atoms with Crippen molar-refractivity contribution >= 4 is 23.5 Å². The highest BCUT2D eigenvalue weighted by atomic mass is 32.2. The second-order valence-corrected chi connectivity index (χ2v) is 5.07. The summed E-state index contributed by atoms with van der Waals surface area (Å²) in [6, 6.07) is 3.74. The summed E-state index contributed by atoms with van der Waals surface area (Å²) in [5.41, 5.74) is 0.610. The standard InChI is InChI=1S/C13H21N3OS/c1-4-7-14-12-11(6-5-8-15-12)13(17)16-10(2)9-18-3/h5-6,8,10H,4,7,9H2,1-3H3,(H,14,15)(H,16,17). The number of carbonyl (C=O) groups is 1. The summed E-state index contributed by atoms with van der Waals surface area (Å²) in [5.74, 6) is 1.50. The normalized spacial score (nSPS) is 11.9. The third-order valence-electron chi connectivity index (χ3n) is 2.39. The van der Waals surface area contributed by atoms with Gasteiger partial charge in [0.25, 0.3) is 5.91 Å². The number of nitrogens with one attached hydrogen (secondary N) is 2. The van der Waals surface area contributed by atoms with Gasteiger partial charge < -0.3 is 10.6 Å². The van der Waals surface area contributed by atoms with Crippen molar-refractivity contribution in [2.24, 2.45) is 0 Å². The van der Waals surface area contributed by atoms with E-state index in [9.17, 15) is 4.79 Å². The number of amides is 1. The lowest BCUT2D eigenvalue weighted by Crippen LogP contribution is -2.34. The van der Waals surface area contributed by atoms with E-state index in [0.717, 1.165) is 18.7 Å². The molecule has 1 rings (SSSR count). The highest BCUT2D eigenvalue weighted by Crippen LogP contribution is 2.11. The molecule has 5 heteroatoms. The van der Waals surface area contributed by atoms with Crippen LogP contribution in [-0.2, 0) is 0 Å². The predicted molar refractivity (Wildman–Crippen MR) is 78.3 cm³/mol. The summed E-state index contributed by atoms with van der Waals surface area (Å²) in [5, 5.41) is 6.15. The average molecular weight is 267 g/mol. The molecule has 0 radical (unpaired) electrons. The van der Waals surface area contributed by atoms with E-state index in [-0.39, 0.29) is 11.9 Å². The van der Waals surface area contributed by atoms with Crippen molar-refractivity contribution in [3.05, 3.63) is 23.9 Å². The van der Waals surface area contributed by atoms with E-state index in [4.69, 9.17) is 0 Å².